The van der Waals surface area contributed by atoms with E-state index in [-0.39, 0.29) is 39.2 Å². The zero-order chi connectivity index (χ0) is 24.4. The lowest BCUT2D eigenvalue weighted by Gasteiger charge is -2.12. The summed E-state index contributed by atoms with van der Waals surface area (Å²) in [4.78, 5) is 54.5. The van der Waals surface area contributed by atoms with Crippen LogP contribution in [0.2, 0.25) is 0 Å². The van der Waals surface area contributed by atoms with Gasteiger partial charge in [-0.3, -0.25) is 29.4 Å². The van der Waals surface area contributed by atoms with Crippen LogP contribution in [0.5, 0.6) is 0 Å². The number of imide groups is 1. The zero-order valence-corrected chi connectivity index (χ0v) is 19.3. The van der Waals surface area contributed by atoms with E-state index in [2.05, 4.69) is 15.6 Å². The molecule has 10 heteroatoms. The highest BCUT2D eigenvalue weighted by Crippen LogP contribution is 2.29. The number of aromatic nitrogens is 1. The van der Waals surface area contributed by atoms with Crippen LogP contribution in [-0.2, 0) is 4.79 Å². The molecule has 8 nitrogen and oxygen atoms in total. The summed E-state index contributed by atoms with van der Waals surface area (Å²) in [6.45, 7) is 3.65. The van der Waals surface area contributed by atoms with Crippen molar-refractivity contribution in [1.29, 1.82) is 0 Å². The second kappa shape index (κ2) is 9.52. The van der Waals surface area contributed by atoms with E-state index in [1.165, 1.54) is 42.2 Å². The average molecular weight is 481 g/mol. The van der Waals surface area contributed by atoms with E-state index in [4.69, 9.17) is 0 Å². The molecule has 2 aromatic carbocycles. The first-order valence-corrected chi connectivity index (χ1v) is 11.5. The first kappa shape index (κ1) is 23.2. The number of carbonyl (C=O) groups is 4. The Morgan fingerprint density at radius 1 is 1.03 bits per heavy atom. The number of carbonyl (C=O) groups excluding carboxylic acids is 4. The minimum absolute atomic E-state index is 0.204. The van der Waals surface area contributed by atoms with Crippen LogP contribution in [0.3, 0.4) is 0 Å². The summed E-state index contributed by atoms with van der Waals surface area (Å²) in [6.07, 6.45) is 1.56. The van der Waals surface area contributed by atoms with Crippen LogP contribution in [0.4, 0.5) is 15.2 Å². The fraction of sp³-hybridized carbons (Fsp3) is 0.208. The molecule has 0 aliphatic carbocycles. The molecule has 0 atom stereocenters. The van der Waals surface area contributed by atoms with Crippen LogP contribution in [0, 0.1) is 5.82 Å². The Morgan fingerprint density at radius 3 is 2.47 bits per heavy atom. The number of amides is 4. The van der Waals surface area contributed by atoms with E-state index >= 15 is 0 Å². The number of fused-ring (bicyclic) bond motifs is 1. The van der Waals surface area contributed by atoms with Gasteiger partial charge < -0.3 is 5.32 Å². The van der Waals surface area contributed by atoms with Gasteiger partial charge in [0.05, 0.1) is 16.8 Å². The van der Waals surface area contributed by atoms with E-state index in [1.54, 1.807) is 11.4 Å². The number of thiazole rings is 1. The van der Waals surface area contributed by atoms with Gasteiger partial charge in [-0.25, -0.2) is 9.37 Å². The second-order valence-corrected chi connectivity index (χ2v) is 8.60. The highest BCUT2D eigenvalue weighted by Gasteiger charge is 2.35. The standard InChI is InChI=1S/C24H21FN4O4S/c1-3-4-9-29-22(32)16-7-5-14(10-18(16)23(29)33)21(31)28-24-27-20(12-34-24)17-8-6-15(11-19(17)25)26-13(2)30/h5-8,10-12H,3-4,9H2,1-2H3,(H,26,30)(H,27,28,31). The number of benzene rings is 2. The molecule has 1 aromatic heterocycles. The zero-order valence-electron chi connectivity index (χ0n) is 18.5. The molecule has 34 heavy (non-hydrogen) atoms. The molecule has 1 aliphatic rings. The molecule has 0 spiro atoms. The second-order valence-electron chi connectivity index (χ2n) is 7.74. The van der Waals surface area contributed by atoms with Crippen LogP contribution in [0.1, 0.15) is 57.8 Å². The lowest BCUT2D eigenvalue weighted by atomic mass is 10.1. The van der Waals surface area contributed by atoms with Gasteiger partial charge in [-0.1, -0.05) is 13.3 Å². The number of unbranched alkanes of at least 4 members (excludes halogenated alkanes) is 1. The first-order chi connectivity index (χ1) is 16.3. The van der Waals surface area contributed by atoms with Crippen LogP contribution in [-0.4, -0.2) is 40.1 Å². The maximum absolute atomic E-state index is 14.5. The molecule has 0 saturated carbocycles. The minimum atomic E-state index is -0.566. The van der Waals surface area contributed by atoms with Gasteiger partial charge in [-0.2, -0.15) is 0 Å². The molecular weight excluding hydrogens is 459 g/mol. The Labute approximate surface area is 198 Å². The highest BCUT2D eigenvalue weighted by atomic mass is 32.1. The van der Waals surface area contributed by atoms with Crippen molar-refractivity contribution in [2.75, 3.05) is 17.2 Å². The number of rotatable bonds is 7. The topological polar surface area (TPSA) is 108 Å². The van der Waals surface area contributed by atoms with E-state index in [0.29, 0.717) is 24.3 Å². The minimum Gasteiger partial charge on any atom is -0.326 e. The van der Waals surface area contributed by atoms with Crippen molar-refractivity contribution in [3.63, 3.8) is 0 Å². The summed E-state index contributed by atoms with van der Waals surface area (Å²) in [6, 6.07) is 8.62. The van der Waals surface area contributed by atoms with Gasteiger partial charge >= 0.3 is 0 Å². The third-order valence-electron chi connectivity index (χ3n) is 5.26. The largest absolute Gasteiger partial charge is 0.326 e. The number of hydrogen-bond donors (Lipinski definition) is 2. The van der Waals surface area contributed by atoms with Crippen LogP contribution in [0.25, 0.3) is 11.3 Å². The number of halogens is 1. The Balaban J connectivity index is 1.49. The SMILES string of the molecule is CCCCN1C(=O)c2ccc(C(=O)Nc3nc(-c4ccc(NC(C)=O)cc4F)cs3)cc2C1=O. The average Bonchev–Trinajstić information content (AvgIpc) is 3.34. The molecule has 0 unspecified atom stereocenters. The molecule has 3 aromatic rings. The summed E-state index contributed by atoms with van der Waals surface area (Å²) < 4.78 is 14.5. The molecule has 0 saturated heterocycles. The molecule has 2 N–H and O–H groups in total. The van der Waals surface area contributed by atoms with Gasteiger partial charge in [-0.15, -0.1) is 11.3 Å². The molecule has 0 radical (unpaired) electrons. The van der Waals surface area contributed by atoms with Crippen molar-refractivity contribution in [2.24, 2.45) is 0 Å². The smallest absolute Gasteiger partial charge is 0.261 e. The fourth-order valence-corrected chi connectivity index (χ4v) is 4.28. The Hall–Kier alpha value is -3.92. The van der Waals surface area contributed by atoms with Crippen molar-refractivity contribution in [2.45, 2.75) is 26.7 Å². The van der Waals surface area contributed by atoms with Gasteiger partial charge in [0.1, 0.15) is 5.82 Å². The van der Waals surface area contributed by atoms with Crippen molar-refractivity contribution in [3.8, 4) is 11.3 Å². The predicted octanol–water partition coefficient (Wildman–Crippen LogP) is 4.56. The van der Waals surface area contributed by atoms with Crippen LogP contribution in [0.15, 0.2) is 41.8 Å². The quantitative estimate of drug-likeness (QED) is 0.482. The van der Waals surface area contributed by atoms with Crippen molar-refractivity contribution < 1.29 is 23.6 Å². The maximum atomic E-state index is 14.5. The Morgan fingerprint density at radius 2 is 1.76 bits per heavy atom. The Bertz CT molecular complexity index is 1320. The number of nitrogens with zero attached hydrogens (tertiary/aromatic N) is 2. The summed E-state index contributed by atoms with van der Waals surface area (Å²) >= 11 is 1.12. The summed E-state index contributed by atoms with van der Waals surface area (Å²) in [5, 5.41) is 7.00. The van der Waals surface area contributed by atoms with Crippen molar-refractivity contribution in [1.82, 2.24) is 9.88 Å². The van der Waals surface area contributed by atoms with Crippen LogP contribution >= 0.6 is 11.3 Å². The molecular formula is C24H21FN4O4S. The maximum Gasteiger partial charge on any atom is 0.261 e. The molecule has 0 bridgehead atoms. The number of hydrogen-bond acceptors (Lipinski definition) is 6. The fourth-order valence-electron chi connectivity index (χ4n) is 3.58. The van der Waals surface area contributed by atoms with E-state index in [9.17, 15) is 23.6 Å². The molecule has 4 rings (SSSR count). The highest BCUT2D eigenvalue weighted by molar-refractivity contribution is 7.14. The normalized spacial score (nSPS) is 12.6. The van der Waals surface area contributed by atoms with Gasteiger partial charge in [0.15, 0.2) is 5.13 Å². The molecule has 2 heterocycles. The number of nitrogens with one attached hydrogen (secondary N) is 2. The third-order valence-corrected chi connectivity index (χ3v) is 6.02. The van der Waals surface area contributed by atoms with Gasteiger partial charge in [-0.05, 0) is 42.8 Å². The lowest BCUT2D eigenvalue weighted by Crippen LogP contribution is -2.30. The first-order valence-electron chi connectivity index (χ1n) is 10.6. The molecule has 1 aliphatic heterocycles. The lowest BCUT2D eigenvalue weighted by molar-refractivity contribution is -0.114. The third kappa shape index (κ3) is 4.58. The van der Waals surface area contributed by atoms with E-state index in [0.717, 1.165) is 17.8 Å². The summed E-state index contributed by atoms with van der Waals surface area (Å²) in [5.41, 5.74) is 1.57. The molecule has 0 fully saturated rings. The predicted molar refractivity (Wildman–Crippen MR) is 126 cm³/mol. The molecule has 4 amide bonds. The number of anilines is 2. The van der Waals surface area contributed by atoms with Crippen molar-refractivity contribution >= 4 is 45.8 Å². The van der Waals surface area contributed by atoms with E-state index < -0.39 is 17.6 Å². The van der Waals surface area contributed by atoms with Crippen LogP contribution < -0.4 is 10.6 Å². The van der Waals surface area contributed by atoms with Crippen molar-refractivity contribution in [3.05, 3.63) is 64.3 Å². The molecule has 174 valence electrons. The van der Waals surface area contributed by atoms with E-state index in [1.807, 2.05) is 6.92 Å². The van der Waals surface area contributed by atoms with Gasteiger partial charge in [0.25, 0.3) is 17.7 Å². The van der Waals surface area contributed by atoms with Gasteiger partial charge in [0.2, 0.25) is 5.91 Å². The summed E-state index contributed by atoms with van der Waals surface area (Å²) in [5.74, 6) is -2.13. The summed E-state index contributed by atoms with van der Waals surface area (Å²) in [7, 11) is 0. The monoisotopic (exact) mass is 480 g/mol. The Kier molecular flexibility index (Phi) is 6.51. The van der Waals surface area contributed by atoms with Gasteiger partial charge in [0, 0.05) is 35.7 Å².